The zero-order valence-corrected chi connectivity index (χ0v) is 13.9. The van der Waals surface area contributed by atoms with E-state index in [4.69, 9.17) is 21.1 Å². The standard InChI is InChI=1S/C17H8ClF3NO5/c18-13-6-9-5-10(8-23)16(17(19,20)21)27-14(9)7-15(13)26-12-3-1-11(2-4-12)22(24)25/h1-7,16H. The molecule has 1 unspecified atom stereocenters. The van der Waals surface area contributed by atoms with E-state index in [9.17, 15) is 28.1 Å². The Hall–Kier alpha value is -3.07. The average Bonchev–Trinajstić information content (AvgIpc) is 2.61. The largest absolute Gasteiger partial charge is 0.475 e. The summed E-state index contributed by atoms with van der Waals surface area (Å²) in [6, 6.07) is 7.45. The Morgan fingerprint density at radius 2 is 1.89 bits per heavy atom. The molecule has 10 heteroatoms. The van der Waals surface area contributed by atoms with E-state index in [1.165, 1.54) is 36.6 Å². The first kappa shape index (κ1) is 18.7. The lowest BCUT2D eigenvalue weighted by atomic mass is 10.0. The molecule has 0 fully saturated rings. The first-order valence-corrected chi connectivity index (χ1v) is 7.66. The predicted octanol–water partition coefficient (Wildman–Crippen LogP) is 4.86. The number of carbonyl (C=O) groups excluding carboxylic acids is 1. The molecule has 0 saturated carbocycles. The van der Waals surface area contributed by atoms with Crippen molar-refractivity contribution in [3.63, 3.8) is 0 Å². The monoisotopic (exact) mass is 398 g/mol. The second-order valence-electron chi connectivity index (χ2n) is 5.41. The summed E-state index contributed by atoms with van der Waals surface area (Å²) < 4.78 is 49.5. The quantitative estimate of drug-likeness (QED) is 0.543. The molecule has 1 aliphatic heterocycles. The van der Waals surface area contributed by atoms with E-state index in [1.807, 2.05) is 0 Å². The van der Waals surface area contributed by atoms with Crippen LogP contribution < -0.4 is 9.47 Å². The molecule has 0 aromatic heterocycles. The third-order valence-electron chi connectivity index (χ3n) is 3.59. The third kappa shape index (κ3) is 3.87. The van der Waals surface area contributed by atoms with Gasteiger partial charge in [0.05, 0.1) is 15.5 Å². The van der Waals surface area contributed by atoms with E-state index in [1.54, 1.807) is 0 Å². The summed E-state index contributed by atoms with van der Waals surface area (Å²) in [6.07, 6.45) is -5.04. The fraction of sp³-hybridized carbons (Fsp3) is 0.118. The number of non-ortho nitro benzene ring substituents is 1. The number of hydrogen-bond acceptors (Lipinski definition) is 5. The third-order valence-corrected chi connectivity index (χ3v) is 3.89. The normalized spacial score (nSPS) is 16.0. The molecule has 2 aromatic carbocycles. The molecule has 3 rings (SSSR count). The van der Waals surface area contributed by atoms with Gasteiger partial charge in [0.1, 0.15) is 17.2 Å². The summed E-state index contributed by atoms with van der Waals surface area (Å²) in [6.45, 7) is 0. The molecule has 0 bridgehead atoms. The van der Waals surface area contributed by atoms with Crippen LogP contribution in [0.2, 0.25) is 5.02 Å². The Labute approximate surface area is 154 Å². The first-order chi connectivity index (χ1) is 12.7. The number of alkyl halides is 3. The van der Waals surface area contributed by atoms with Crippen molar-refractivity contribution in [3.05, 3.63) is 62.7 Å². The molecule has 0 aliphatic carbocycles. The van der Waals surface area contributed by atoms with Crippen LogP contribution in [0.1, 0.15) is 5.56 Å². The lowest BCUT2D eigenvalue weighted by molar-refractivity contribution is -0.384. The summed E-state index contributed by atoms with van der Waals surface area (Å²) >= 11 is 6.07. The highest BCUT2D eigenvalue weighted by atomic mass is 35.5. The van der Waals surface area contributed by atoms with Crippen molar-refractivity contribution in [2.75, 3.05) is 0 Å². The van der Waals surface area contributed by atoms with Gasteiger partial charge in [-0.15, -0.1) is 0 Å². The number of nitro benzene ring substituents is 1. The fourth-order valence-electron chi connectivity index (χ4n) is 2.37. The van der Waals surface area contributed by atoms with Crippen molar-refractivity contribution in [3.8, 4) is 17.2 Å². The Kier molecular flexibility index (Phi) is 4.79. The number of nitro groups is 1. The molecule has 1 radical (unpaired) electrons. The van der Waals surface area contributed by atoms with Crippen LogP contribution in [0.3, 0.4) is 0 Å². The van der Waals surface area contributed by atoms with Gasteiger partial charge in [-0.2, -0.15) is 13.2 Å². The van der Waals surface area contributed by atoms with Gasteiger partial charge in [-0.3, -0.25) is 14.9 Å². The SMILES string of the molecule is O=[C]C1=Cc2cc(Cl)c(Oc3ccc([N+](=O)[O-])cc3)cc2OC1C(F)(F)F. The van der Waals surface area contributed by atoms with Crippen LogP contribution in [0, 0.1) is 10.1 Å². The van der Waals surface area contributed by atoms with Gasteiger partial charge in [-0.25, -0.2) is 0 Å². The van der Waals surface area contributed by atoms with E-state index in [-0.39, 0.29) is 33.5 Å². The second kappa shape index (κ2) is 6.92. The van der Waals surface area contributed by atoms with Gasteiger partial charge >= 0.3 is 6.18 Å². The molecule has 1 atom stereocenters. The minimum atomic E-state index is -4.81. The van der Waals surface area contributed by atoms with E-state index >= 15 is 0 Å². The average molecular weight is 399 g/mol. The van der Waals surface area contributed by atoms with E-state index in [2.05, 4.69) is 0 Å². The van der Waals surface area contributed by atoms with Crippen molar-refractivity contribution < 1.29 is 32.4 Å². The van der Waals surface area contributed by atoms with Gasteiger partial charge in [0.25, 0.3) is 5.69 Å². The van der Waals surface area contributed by atoms with Crippen LogP contribution in [0.5, 0.6) is 17.2 Å². The van der Waals surface area contributed by atoms with Gasteiger partial charge < -0.3 is 9.47 Å². The van der Waals surface area contributed by atoms with Crippen LogP contribution in [-0.4, -0.2) is 23.5 Å². The lowest BCUT2D eigenvalue weighted by Crippen LogP contribution is -2.38. The first-order valence-electron chi connectivity index (χ1n) is 7.28. The van der Waals surface area contributed by atoms with Crippen molar-refractivity contribution in [1.29, 1.82) is 0 Å². The summed E-state index contributed by atoms with van der Waals surface area (Å²) in [5.41, 5.74) is -0.692. The molecule has 0 N–H and O–H groups in total. The van der Waals surface area contributed by atoms with Gasteiger partial charge in [0, 0.05) is 23.8 Å². The summed E-state index contributed by atoms with van der Waals surface area (Å²) in [4.78, 5) is 20.9. The number of benzene rings is 2. The number of nitrogens with zero attached hydrogens (tertiary/aromatic N) is 1. The maximum atomic E-state index is 13.0. The van der Waals surface area contributed by atoms with Crippen LogP contribution in [0.4, 0.5) is 18.9 Å². The van der Waals surface area contributed by atoms with Crippen LogP contribution in [0.15, 0.2) is 42.0 Å². The number of ether oxygens (including phenoxy) is 2. The van der Waals surface area contributed by atoms with Gasteiger partial charge in [-0.1, -0.05) is 11.6 Å². The zero-order valence-electron chi connectivity index (χ0n) is 13.1. The van der Waals surface area contributed by atoms with Crippen molar-refractivity contribution in [2.45, 2.75) is 12.3 Å². The lowest BCUT2D eigenvalue weighted by Gasteiger charge is -2.26. The molecule has 27 heavy (non-hydrogen) atoms. The number of halogens is 4. The number of rotatable bonds is 4. The zero-order chi connectivity index (χ0) is 19.8. The maximum absolute atomic E-state index is 13.0. The minimum absolute atomic E-state index is 0.0165. The van der Waals surface area contributed by atoms with Crippen LogP contribution in [-0.2, 0) is 4.79 Å². The summed E-state index contributed by atoms with van der Waals surface area (Å²) in [5.74, 6) is -0.0159. The van der Waals surface area contributed by atoms with Crippen molar-refractivity contribution in [2.24, 2.45) is 0 Å². The molecule has 0 spiro atoms. The maximum Gasteiger partial charge on any atom is 0.429 e. The highest BCUT2D eigenvalue weighted by Gasteiger charge is 2.46. The van der Waals surface area contributed by atoms with E-state index in [0.717, 1.165) is 12.1 Å². The molecular formula is C17H8ClF3NO5. The predicted molar refractivity (Wildman–Crippen MR) is 88.8 cm³/mol. The van der Waals surface area contributed by atoms with Gasteiger partial charge in [-0.05, 0) is 24.3 Å². The molecule has 1 aliphatic rings. The smallest absolute Gasteiger partial charge is 0.429 e. The summed E-state index contributed by atoms with van der Waals surface area (Å²) in [5, 5.41) is 10.7. The van der Waals surface area contributed by atoms with Crippen molar-refractivity contribution >= 4 is 29.7 Å². The number of fused-ring (bicyclic) bond motifs is 1. The van der Waals surface area contributed by atoms with Crippen LogP contribution in [0.25, 0.3) is 6.08 Å². The Bertz CT molecular complexity index is 941. The van der Waals surface area contributed by atoms with Crippen LogP contribution >= 0.6 is 11.6 Å². The highest BCUT2D eigenvalue weighted by Crippen LogP contribution is 2.42. The molecule has 6 nitrogen and oxygen atoms in total. The van der Waals surface area contributed by atoms with E-state index in [0.29, 0.717) is 0 Å². The molecule has 0 amide bonds. The fourth-order valence-corrected chi connectivity index (χ4v) is 2.58. The van der Waals surface area contributed by atoms with Crippen molar-refractivity contribution in [1.82, 2.24) is 0 Å². The summed E-state index contributed by atoms with van der Waals surface area (Å²) in [7, 11) is 0. The molecule has 1 heterocycles. The second-order valence-corrected chi connectivity index (χ2v) is 5.82. The molecule has 0 saturated heterocycles. The minimum Gasteiger partial charge on any atom is -0.475 e. The van der Waals surface area contributed by atoms with Gasteiger partial charge in [0.2, 0.25) is 12.4 Å². The Morgan fingerprint density at radius 3 is 2.44 bits per heavy atom. The molecule has 139 valence electrons. The Morgan fingerprint density at radius 1 is 1.22 bits per heavy atom. The number of hydrogen-bond donors (Lipinski definition) is 0. The topological polar surface area (TPSA) is 78.7 Å². The Balaban J connectivity index is 1.93. The molecular weight excluding hydrogens is 391 g/mol. The van der Waals surface area contributed by atoms with Gasteiger partial charge in [0.15, 0.2) is 0 Å². The molecule has 2 aromatic rings. The highest BCUT2D eigenvalue weighted by molar-refractivity contribution is 6.32. The van der Waals surface area contributed by atoms with E-state index < -0.39 is 22.8 Å².